The molecule has 3 N–H and O–H groups in total. The molecule has 1 atom stereocenters. The van der Waals surface area contributed by atoms with Gasteiger partial charge in [-0.15, -0.1) is 13.2 Å². The van der Waals surface area contributed by atoms with Crippen LogP contribution in [0.5, 0.6) is 5.75 Å². The molecule has 2 aromatic rings. The lowest BCUT2D eigenvalue weighted by Gasteiger charge is -2.21. The fraction of sp³-hybridized carbons (Fsp3) is 0.286. The largest absolute Gasteiger partial charge is 0.573 e. The van der Waals surface area contributed by atoms with Crippen LogP contribution in [0.25, 0.3) is 0 Å². The number of halogens is 3. The van der Waals surface area contributed by atoms with Crippen molar-refractivity contribution in [3.8, 4) is 5.75 Å². The summed E-state index contributed by atoms with van der Waals surface area (Å²) in [7, 11) is 0. The molecule has 8 nitrogen and oxygen atoms in total. The van der Waals surface area contributed by atoms with Crippen molar-refractivity contribution in [1.29, 1.82) is 0 Å². The van der Waals surface area contributed by atoms with Gasteiger partial charge in [0, 0.05) is 16.8 Å². The third-order valence-corrected chi connectivity index (χ3v) is 4.24. The van der Waals surface area contributed by atoms with E-state index in [-0.39, 0.29) is 30.2 Å². The Hall–Kier alpha value is -3.44. The maximum Gasteiger partial charge on any atom is 0.573 e. The first kappa shape index (κ1) is 23.2. The number of rotatable bonds is 6. The summed E-state index contributed by atoms with van der Waals surface area (Å²) in [5, 5.41) is 2.93. The molecule has 1 heterocycles. The molecule has 0 aliphatic carbocycles. The number of carbonyl (C=O) groups excluding carboxylic acids is 1. The predicted octanol–water partition coefficient (Wildman–Crippen LogP) is 2.99. The zero-order chi connectivity index (χ0) is 23.0. The van der Waals surface area contributed by atoms with Gasteiger partial charge < -0.3 is 25.3 Å². The van der Waals surface area contributed by atoms with Crippen molar-refractivity contribution in [2.24, 2.45) is 15.7 Å². The Balaban J connectivity index is 1.78. The lowest BCUT2D eigenvalue weighted by Crippen LogP contribution is -2.31. The molecule has 0 radical (unpaired) electrons. The minimum Gasteiger partial charge on any atom is -0.406 e. The fourth-order valence-electron chi connectivity index (χ4n) is 2.71. The molecule has 0 aromatic heterocycles. The van der Waals surface area contributed by atoms with E-state index in [0.29, 0.717) is 42.9 Å². The van der Waals surface area contributed by atoms with Crippen LogP contribution in [0.2, 0.25) is 0 Å². The van der Waals surface area contributed by atoms with Gasteiger partial charge in [0.25, 0.3) is 0 Å². The summed E-state index contributed by atoms with van der Waals surface area (Å²) < 4.78 is 51.8. The molecule has 11 heteroatoms. The van der Waals surface area contributed by atoms with Gasteiger partial charge in [-0.3, -0.25) is 4.79 Å². The number of hydrogen-bond acceptors (Lipinski definition) is 5. The van der Waals surface area contributed by atoms with Gasteiger partial charge in [0.1, 0.15) is 24.0 Å². The number of nitrogens with one attached hydrogen (secondary N) is 1. The molecule has 1 fully saturated rings. The first-order valence-electron chi connectivity index (χ1n) is 9.59. The Labute approximate surface area is 181 Å². The van der Waals surface area contributed by atoms with E-state index >= 15 is 0 Å². The second kappa shape index (κ2) is 10.7. The van der Waals surface area contributed by atoms with Gasteiger partial charge in [-0.1, -0.05) is 24.3 Å². The van der Waals surface area contributed by atoms with Crippen molar-refractivity contribution in [1.82, 2.24) is 0 Å². The van der Waals surface area contributed by atoms with Crippen molar-refractivity contribution in [3.63, 3.8) is 0 Å². The first-order valence-corrected chi connectivity index (χ1v) is 9.59. The zero-order valence-corrected chi connectivity index (χ0v) is 16.8. The van der Waals surface area contributed by atoms with Crippen LogP contribution in [0.1, 0.15) is 15.9 Å². The lowest BCUT2D eigenvalue weighted by atomic mass is 10.1. The first-order chi connectivity index (χ1) is 15.3. The number of amidine groups is 1. The number of carbonyl (C=O) groups is 1. The van der Waals surface area contributed by atoms with Gasteiger partial charge in [-0.25, -0.2) is 4.99 Å². The summed E-state index contributed by atoms with van der Waals surface area (Å²) in [6.45, 7) is 1.59. The fourth-order valence-corrected chi connectivity index (χ4v) is 2.71. The maximum atomic E-state index is 12.4. The van der Waals surface area contributed by atoms with Gasteiger partial charge in [-0.05, 0) is 24.3 Å². The SMILES string of the molecule is NC(=NC(=NCC1COCCO1)Nc1ccc(OC(F)(F)F)cc1)c1ccc(C=O)cc1. The van der Waals surface area contributed by atoms with Gasteiger partial charge in [0.2, 0.25) is 5.96 Å². The summed E-state index contributed by atoms with van der Waals surface area (Å²) >= 11 is 0. The number of benzene rings is 2. The lowest BCUT2D eigenvalue weighted by molar-refractivity contribution is -0.274. The van der Waals surface area contributed by atoms with E-state index in [1.54, 1.807) is 24.3 Å². The molecule has 1 aliphatic heterocycles. The van der Waals surface area contributed by atoms with Gasteiger partial charge in [-0.2, -0.15) is 4.99 Å². The van der Waals surface area contributed by atoms with Crippen LogP contribution in [0.3, 0.4) is 0 Å². The maximum absolute atomic E-state index is 12.4. The van der Waals surface area contributed by atoms with E-state index in [2.05, 4.69) is 20.0 Å². The molecular formula is C21H21F3N4O4. The quantitative estimate of drug-likeness (QED) is 0.398. The smallest absolute Gasteiger partial charge is 0.406 e. The number of guanidine groups is 1. The van der Waals surface area contributed by atoms with Crippen LogP contribution in [0.4, 0.5) is 18.9 Å². The molecule has 3 rings (SSSR count). The number of ether oxygens (including phenoxy) is 3. The third-order valence-electron chi connectivity index (χ3n) is 4.24. The molecule has 1 aliphatic rings. The number of anilines is 1. The monoisotopic (exact) mass is 450 g/mol. The van der Waals surface area contributed by atoms with Crippen molar-refractivity contribution in [2.45, 2.75) is 12.5 Å². The summed E-state index contributed by atoms with van der Waals surface area (Å²) in [4.78, 5) is 19.5. The molecular weight excluding hydrogens is 429 g/mol. The number of nitrogens with two attached hydrogens (primary N) is 1. The number of hydrogen-bond donors (Lipinski definition) is 2. The average Bonchev–Trinajstić information content (AvgIpc) is 2.78. The number of nitrogens with zero attached hydrogens (tertiary/aromatic N) is 2. The van der Waals surface area contributed by atoms with Crippen molar-refractivity contribution < 1.29 is 32.2 Å². The van der Waals surface area contributed by atoms with Gasteiger partial charge >= 0.3 is 6.36 Å². The molecule has 0 bridgehead atoms. The van der Waals surface area contributed by atoms with Crippen molar-refractivity contribution in [3.05, 3.63) is 59.7 Å². The summed E-state index contributed by atoms with van der Waals surface area (Å²) in [6.07, 6.45) is -4.32. The Morgan fingerprint density at radius 1 is 1.16 bits per heavy atom. The molecule has 1 saturated heterocycles. The average molecular weight is 450 g/mol. The van der Waals surface area contributed by atoms with Crippen LogP contribution < -0.4 is 15.8 Å². The second-order valence-electron chi connectivity index (χ2n) is 6.67. The minimum absolute atomic E-state index is 0.126. The second-order valence-corrected chi connectivity index (χ2v) is 6.67. The highest BCUT2D eigenvalue weighted by Gasteiger charge is 2.31. The zero-order valence-electron chi connectivity index (χ0n) is 16.8. The van der Waals surface area contributed by atoms with Crippen LogP contribution in [-0.4, -0.2) is 56.9 Å². The Bertz CT molecular complexity index is 955. The number of aliphatic imine (C=N–C) groups is 2. The standard InChI is InChI=1S/C21H21F3N4O4/c22-21(23,24)32-17-7-5-16(6-8-17)27-20(26-11-18-13-30-9-10-31-18)28-19(25)15-3-1-14(12-29)2-4-15/h1-8,12,18H,9-11,13H2,(H3,25,26,27,28). The molecule has 170 valence electrons. The summed E-state index contributed by atoms with van der Waals surface area (Å²) in [6, 6.07) is 11.6. The van der Waals surface area contributed by atoms with Crippen LogP contribution in [0.15, 0.2) is 58.5 Å². The molecule has 2 aromatic carbocycles. The van der Waals surface area contributed by atoms with Crippen LogP contribution >= 0.6 is 0 Å². The highest BCUT2D eigenvalue weighted by molar-refractivity contribution is 6.08. The van der Waals surface area contributed by atoms with Crippen LogP contribution in [0, 0.1) is 0 Å². The molecule has 32 heavy (non-hydrogen) atoms. The van der Waals surface area contributed by atoms with E-state index < -0.39 is 6.36 Å². The van der Waals surface area contributed by atoms with E-state index in [1.165, 1.54) is 12.1 Å². The predicted molar refractivity (Wildman–Crippen MR) is 112 cm³/mol. The summed E-state index contributed by atoms with van der Waals surface area (Å²) in [5.41, 5.74) is 7.56. The van der Waals surface area contributed by atoms with Crippen molar-refractivity contribution >= 4 is 23.8 Å². The van der Waals surface area contributed by atoms with Gasteiger partial charge in [0.15, 0.2) is 0 Å². The normalized spacial score (nSPS) is 17.7. The van der Waals surface area contributed by atoms with E-state index in [0.717, 1.165) is 12.1 Å². The molecule has 0 amide bonds. The Kier molecular flexibility index (Phi) is 7.79. The molecule has 1 unspecified atom stereocenters. The Morgan fingerprint density at radius 2 is 1.88 bits per heavy atom. The topological polar surface area (TPSA) is 108 Å². The van der Waals surface area contributed by atoms with Gasteiger partial charge in [0.05, 0.1) is 26.4 Å². The summed E-state index contributed by atoms with van der Waals surface area (Å²) in [5.74, 6) is -0.0975. The molecule has 0 saturated carbocycles. The van der Waals surface area contributed by atoms with E-state index in [9.17, 15) is 18.0 Å². The van der Waals surface area contributed by atoms with E-state index in [1.807, 2.05) is 0 Å². The van der Waals surface area contributed by atoms with E-state index in [4.69, 9.17) is 15.2 Å². The number of alkyl halides is 3. The Morgan fingerprint density at radius 3 is 2.47 bits per heavy atom. The molecule has 0 spiro atoms. The van der Waals surface area contributed by atoms with Crippen LogP contribution in [-0.2, 0) is 9.47 Å². The highest BCUT2D eigenvalue weighted by Crippen LogP contribution is 2.24. The highest BCUT2D eigenvalue weighted by atomic mass is 19.4. The number of aldehydes is 1. The minimum atomic E-state index is -4.78. The van der Waals surface area contributed by atoms with Crippen molar-refractivity contribution in [2.75, 3.05) is 31.7 Å². The third kappa shape index (κ3) is 7.36.